The second-order valence-electron chi connectivity index (χ2n) is 7.15. The van der Waals surface area contributed by atoms with Crippen molar-refractivity contribution in [2.24, 2.45) is 5.92 Å². The lowest BCUT2D eigenvalue weighted by Crippen LogP contribution is -2.46. The first-order valence-corrected chi connectivity index (χ1v) is 19.9. The summed E-state index contributed by atoms with van der Waals surface area (Å²) < 4.78 is 47.5. The van der Waals surface area contributed by atoms with Gasteiger partial charge in [0.05, 0.1) is 0 Å². The summed E-state index contributed by atoms with van der Waals surface area (Å²) in [4.78, 5) is 0. The third-order valence-electron chi connectivity index (χ3n) is 4.80. The summed E-state index contributed by atoms with van der Waals surface area (Å²) in [6, 6.07) is 1.60. The minimum absolute atomic E-state index is 0.416. The molecule has 0 aliphatic rings. The van der Waals surface area contributed by atoms with E-state index in [4.69, 9.17) is 26.6 Å². The van der Waals surface area contributed by atoms with Gasteiger partial charge in [-0.2, -0.15) is 0 Å². The molecule has 1 unspecified atom stereocenters. The first-order valence-electron chi connectivity index (χ1n) is 12.0. The van der Waals surface area contributed by atoms with E-state index in [1.165, 1.54) is 11.4 Å². The number of hydrogen-bond acceptors (Lipinski definition) is 8. The average molecular weight is 550 g/mol. The monoisotopic (exact) mass is 549 g/mol. The fraction of sp³-hybridized carbons (Fsp3) is 1.00. The molecule has 1 atom stereocenters. The molecule has 32 heavy (non-hydrogen) atoms. The maximum Gasteiger partial charge on any atom is 0.500 e. The molecule has 0 saturated carbocycles. The zero-order valence-corrected chi connectivity index (χ0v) is 25.5. The van der Waals surface area contributed by atoms with Gasteiger partial charge in [0, 0.05) is 57.5 Å². The zero-order chi connectivity index (χ0) is 24.3. The van der Waals surface area contributed by atoms with Gasteiger partial charge in [0.15, 0.2) is 0 Å². The van der Waals surface area contributed by atoms with E-state index >= 15 is 0 Å². The van der Waals surface area contributed by atoms with Crippen LogP contribution in [0.5, 0.6) is 0 Å². The Balaban J connectivity index is 4.99. The van der Waals surface area contributed by atoms with Crippen LogP contribution in [-0.2, 0) is 31.1 Å². The van der Waals surface area contributed by atoms with Crippen LogP contribution in [0.2, 0.25) is 12.1 Å². The van der Waals surface area contributed by atoms with Gasteiger partial charge in [0.1, 0.15) is 23.6 Å². The topological polar surface area (TPSA) is 72.5 Å². The van der Waals surface area contributed by atoms with Crippen LogP contribution in [-0.4, -0.2) is 63.0 Å². The van der Waals surface area contributed by atoms with Crippen LogP contribution in [0.4, 0.5) is 0 Å². The Kier molecular flexibility index (Phi) is 20.8. The summed E-state index contributed by atoms with van der Waals surface area (Å²) >= 11 is 5.50. The number of hydrogen-bond donors (Lipinski definition) is 1. The molecular formula is C20H46O7PS2Si2+. The molecular weight excluding hydrogens is 503 g/mol. The van der Waals surface area contributed by atoms with E-state index < -0.39 is 23.8 Å². The third-order valence-corrected chi connectivity index (χ3v) is 14.1. The maximum atomic E-state index is 11.6. The van der Waals surface area contributed by atoms with Crippen molar-refractivity contribution in [3.05, 3.63) is 0 Å². The standard InChI is InChI=1S/C20H45O7PS2Si2/c1-7-22-31(23-8-2,24-9-3)17-13-15-20(19-30-28(21)29)16-14-18-32(25-10-4,26-11-5)27-12-6/h20H,7-19H2,1-6H3/p+1. The van der Waals surface area contributed by atoms with Gasteiger partial charge in [-0.1, -0.05) is 0 Å². The molecule has 0 N–H and O–H groups in total. The molecule has 0 aliphatic heterocycles. The summed E-state index contributed by atoms with van der Waals surface area (Å²) in [5, 5.41) is 0. The Morgan fingerprint density at radius 2 is 1.00 bits per heavy atom. The molecule has 0 rings (SSSR count). The quantitative estimate of drug-likeness (QED) is 0.0870. The lowest BCUT2D eigenvalue weighted by molar-refractivity contribution is 0.0703. The maximum absolute atomic E-state index is 11.6. The van der Waals surface area contributed by atoms with Crippen molar-refractivity contribution in [3.8, 4) is 0 Å². The van der Waals surface area contributed by atoms with Gasteiger partial charge in [-0.25, -0.2) is 0 Å². The Morgan fingerprint density at radius 3 is 1.25 bits per heavy atom. The fourth-order valence-corrected chi connectivity index (χ4v) is 11.3. The smallest absolute Gasteiger partial charge is 0.374 e. The molecule has 0 heterocycles. The highest BCUT2D eigenvalue weighted by molar-refractivity contribution is 8.79. The fourth-order valence-electron chi connectivity index (χ4n) is 3.70. The third kappa shape index (κ3) is 14.4. The molecule has 12 heteroatoms. The molecule has 0 amide bonds. The van der Waals surface area contributed by atoms with Crippen LogP contribution in [0, 0.1) is 5.92 Å². The SMILES string of the molecule is CCO[Si](CCCC(CCC[Si](OCC)(OCC)OCC)CS[P+](=O)S)(OCC)OCC. The highest BCUT2D eigenvalue weighted by Crippen LogP contribution is 2.44. The van der Waals surface area contributed by atoms with E-state index in [1.807, 2.05) is 41.5 Å². The van der Waals surface area contributed by atoms with E-state index in [2.05, 4.69) is 12.2 Å². The van der Waals surface area contributed by atoms with Gasteiger partial charge in [-0.3, -0.25) is 0 Å². The predicted molar refractivity (Wildman–Crippen MR) is 142 cm³/mol. The van der Waals surface area contributed by atoms with Crippen LogP contribution in [0.15, 0.2) is 0 Å². The molecule has 0 bridgehead atoms. The second-order valence-corrected chi connectivity index (χ2v) is 17.4. The van der Waals surface area contributed by atoms with Gasteiger partial charge in [-0.15, -0.1) is 0 Å². The van der Waals surface area contributed by atoms with Gasteiger partial charge in [0.25, 0.3) is 0 Å². The Hall–Kier alpha value is 0.994. The minimum atomic E-state index is -2.63. The van der Waals surface area contributed by atoms with Crippen LogP contribution in [0.25, 0.3) is 0 Å². The lowest BCUT2D eigenvalue weighted by Gasteiger charge is -2.29. The summed E-state index contributed by atoms with van der Waals surface area (Å²) in [6.45, 7) is 15.4. The summed E-state index contributed by atoms with van der Waals surface area (Å²) in [7, 11) is -5.27. The first kappa shape index (κ1) is 33.0. The van der Waals surface area contributed by atoms with Crippen LogP contribution in [0.1, 0.15) is 67.2 Å². The van der Waals surface area contributed by atoms with E-state index in [1.54, 1.807) is 0 Å². The van der Waals surface area contributed by atoms with Crippen molar-refractivity contribution in [2.45, 2.75) is 79.3 Å². The van der Waals surface area contributed by atoms with Crippen molar-refractivity contribution >= 4 is 47.4 Å². The van der Waals surface area contributed by atoms with Crippen molar-refractivity contribution in [1.82, 2.24) is 0 Å². The van der Waals surface area contributed by atoms with Crippen molar-refractivity contribution < 1.29 is 31.1 Å². The Bertz CT molecular complexity index is 415. The molecule has 192 valence electrons. The number of rotatable bonds is 23. The summed E-state index contributed by atoms with van der Waals surface area (Å²) in [5.41, 5.74) is 0. The molecule has 0 aromatic rings. The van der Waals surface area contributed by atoms with Crippen LogP contribution < -0.4 is 0 Å². The molecule has 0 radical (unpaired) electrons. The highest BCUT2D eigenvalue weighted by Gasteiger charge is 2.41. The van der Waals surface area contributed by atoms with Crippen molar-refractivity contribution in [2.75, 3.05) is 45.4 Å². The molecule has 0 aromatic heterocycles. The predicted octanol–water partition coefficient (Wildman–Crippen LogP) is 6.58. The number of thiol groups is 1. The molecule has 0 aliphatic carbocycles. The summed E-state index contributed by atoms with van der Waals surface area (Å²) in [5.74, 6) is 1.23. The molecule has 0 fully saturated rings. The summed E-state index contributed by atoms with van der Waals surface area (Å²) in [6.07, 6.45) is 2.38. The largest absolute Gasteiger partial charge is 0.500 e. The van der Waals surface area contributed by atoms with Gasteiger partial charge in [0.2, 0.25) is 0 Å². The second kappa shape index (κ2) is 20.2. The van der Waals surface area contributed by atoms with E-state index in [-0.39, 0.29) is 0 Å². The molecule has 0 aromatic carbocycles. The van der Waals surface area contributed by atoms with Gasteiger partial charge >= 0.3 is 23.8 Å². The van der Waals surface area contributed by atoms with Crippen molar-refractivity contribution in [3.63, 3.8) is 0 Å². The van der Waals surface area contributed by atoms with Gasteiger partial charge < -0.3 is 26.6 Å². The Morgan fingerprint density at radius 1 is 0.688 bits per heavy atom. The molecule has 0 spiro atoms. The molecule has 0 saturated heterocycles. The van der Waals surface area contributed by atoms with Crippen LogP contribution in [0.3, 0.4) is 0 Å². The highest BCUT2D eigenvalue weighted by atomic mass is 33.1. The lowest BCUT2D eigenvalue weighted by atomic mass is 10.0. The molecule has 7 nitrogen and oxygen atoms in total. The van der Waals surface area contributed by atoms with Crippen LogP contribution >= 0.6 is 29.8 Å². The van der Waals surface area contributed by atoms with E-state index in [9.17, 15) is 4.57 Å². The van der Waals surface area contributed by atoms with Gasteiger partial charge in [-0.05, 0) is 77.7 Å². The van der Waals surface area contributed by atoms with E-state index in [0.29, 0.717) is 45.6 Å². The normalized spacial score (nSPS) is 13.2. The first-order chi connectivity index (χ1) is 15.4. The van der Waals surface area contributed by atoms with Crippen molar-refractivity contribution in [1.29, 1.82) is 0 Å². The minimum Gasteiger partial charge on any atom is -0.374 e. The average Bonchev–Trinajstić information content (AvgIpc) is 2.73. The zero-order valence-electron chi connectivity index (χ0n) is 20.9. The van der Waals surface area contributed by atoms with E-state index in [0.717, 1.165) is 43.5 Å². The Labute approximate surface area is 208 Å².